The van der Waals surface area contributed by atoms with Crippen molar-refractivity contribution in [3.8, 4) is 5.75 Å². The molecule has 2 aromatic rings. The minimum atomic E-state index is -0.271. The molecule has 146 valence electrons. The number of halogens is 1. The smallest absolute Gasteiger partial charge is 0.191 e. The standard InChI is InChI=1S/C19H27FN6O/c1-4-17-24-18-10-7-15(12-26(18)25-17)23-19(21-3)22-11-13(2)27-16-8-5-14(20)6-9-16/h5-6,8-9,13,15H,4,7,10-12H2,1-3H3,(H2,21,22,23). The molecule has 8 heteroatoms. The number of hydrogen-bond acceptors (Lipinski definition) is 4. The number of aromatic nitrogens is 3. The van der Waals surface area contributed by atoms with E-state index < -0.39 is 0 Å². The van der Waals surface area contributed by atoms with Gasteiger partial charge in [-0.2, -0.15) is 5.10 Å². The number of guanidine groups is 1. The van der Waals surface area contributed by atoms with Crippen molar-refractivity contribution < 1.29 is 9.13 Å². The van der Waals surface area contributed by atoms with Crippen molar-refractivity contribution in [2.45, 2.75) is 51.8 Å². The quantitative estimate of drug-likeness (QED) is 0.597. The third-order valence-electron chi connectivity index (χ3n) is 4.49. The lowest BCUT2D eigenvalue weighted by Gasteiger charge is -2.26. The Bertz CT molecular complexity index is 773. The number of aryl methyl sites for hydroxylation is 2. The summed E-state index contributed by atoms with van der Waals surface area (Å²) in [6, 6.07) is 6.29. The van der Waals surface area contributed by atoms with Crippen molar-refractivity contribution in [2.24, 2.45) is 4.99 Å². The second-order valence-electron chi connectivity index (χ2n) is 6.70. The van der Waals surface area contributed by atoms with Crippen molar-refractivity contribution in [1.29, 1.82) is 0 Å². The summed E-state index contributed by atoms with van der Waals surface area (Å²) in [5, 5.41) is 11.3. The van der Waals surface area contributed by atoms with Gasteiger partial charge in [-0.25, -0.2) is 14.1 Å². The van der Waals surface area contributed by atoms with E-state index in [0.29, 0.717) is 12.3 Å². The lowest BCUT2D eigenvalue weighted by atomic mass is 10.1. The van der Waals surface area contributed by atoms with Crippen molar-refractivity contribution in [2.75, 3.05) is 13.6 Å². The molecule has 1 aliphatic heterocycles. The summed E-state index contributed by atoms with van der Waals surface area (Å²) in [5.41, 5.74) is 0. The number of aliphatic imine (C=N–C) groups is 1. The summed E-state index contributed by atoms with van der Waals surface area (Å²) >= 11 is 0. The van der Waals surface area contributed by atoms with Crippen molar-refractivity contribution in [3.63, 3.8) is 0 Å². The molecule has 0 saturated carbocycles. The highest BCUT2D eigenvalue weighted by molar-refractivity contribution is 5.80. The van der Waals surface area contributed by atoms with Gasteiger partial charge in [-0.1, -0.05) is 6.92 Å². The van der Waals surface area contributed by atoms with Gasteiger partial charge in [-0.15, -0.1) is 0 Å². The fourth-order valence-electron chi connectivity index (χ4n) is 3.04. The SMILES string of the molecule is CCc1nc2n(n1)CC(NC(=NC)NCC(C)Oc1ccc(F)cc1)CC2. The largest absolute Gasteiger partial charge is 0.489 e. The molecular weight excluding hydrogens is 347 g/mol. The van der Waals surface area contributed by atoms with Gasteiger partial charge in [0.15, 0.2) is 11.8 Å². The fraction of sp³-hybridized carbons (Fsp3) is 0.526. The minimum absolute atomic E-state index is 0.0885. The van der Waals surface area contributed by atoms with Crippen LogP contribution in [0.5, 0.6) is 5.75 Å². The average Bonchev–Trinajstić information content (AvgIpc) is 3.09. The maximum atomic E-state index is 13.0. The van der Waals surface area contributed by atoms with Crippen LogP contribution in [-0.2, 0) is 19.4 Å². The summed E-state index contributed by atoms with van der Waals surface area (Å²) < 4.78 is 20.7. The highest BCUT2D eigenvalue weighted by atomic mass is 19.1. The lowest BCUT2D eigenvalue weighted by Crippen LogP contribution is -2.48. The number of benzene rings is 1. The fourth-order valence-corrected chi connectivity index (χ4v) is 3.04. The predicted molar refractivity (Wildman–Crippen MR) is 102 cm³/mol. The van der Waals surface area contributed by atoms with E-state index in [1.807, 2.05) is 11.6 Å². The molecule has 2 atom stereocenters. The number of hydrogen-bond donors (Lipinski definition) is 2. The van der Waals surface area contributed by atoms with Gasteiger partial charge in [0, 0.05) is 25.9 Å². The molecule has 2 heterocycles. The minimum Gasteiger partial charge on any atom is -0.489 e. The molecule has 0 aliphatic carbocycles. The van der Waals surface area contributed by atoms with Crippen LogP contribution in [0.2, 0.25) is 0 Å². The first kappa shape index (κ1) is 19.1. The molecule has 0 spiro atoms. The van der Waals surface area contributed by atoms with Gasteiger partial charge in [0.05, 0.1) is 13.1 Å². The maximum Gasteiger partial charge on any atom is 0.191 e. The van der Waals surface area contributed by atoms with Gasteiger partial charge in [-0.05, 0) is 37.6 Å². The van der Waals surface area contributed by atoms with Crippen LogP contribution in [0.3, 0.4) is 0 Å². The molecule has 0 amide bonds. The molecule has 2 unspecified atom stereocenters. The van der Waals surface area contributed by atoms with E-state index in [9.17, 15) is 4.39 Å². The average molecular weight is 374 g/mol. The Morgan fingerprint density at radius 1 is 1.41 bits per heavy atom. The molecule has 3 rings (SSSR count). The third kappa shape index (κ3) is 5.18. The van der Waals surface area contributed by atoms with Crippen LogP contribution < -0.4 is 15.4 Å². The molecule has 0 saturated heterocycles. The number of fused-ring (bicyclic) bond motifs is 1. The van der Waals surface area contributed by atoms with Crippen molar-refractivity contribution in [3.05, 3.63) is 41.7 Å². The second-order valence-corrected chi connectivity index (χ2v) is 6.70. The highest BCUT2D eigenvalue weighted by Gasteiger charge is 2.22. The number of rotatable bonds is 6. The van der Waals surface area contributed by atoms with Crippen LogP contribution in [0.15, 0.2) is 29.3 Å². The number of ether oxygens (including phenoxy) is 1. The zero-order chi connectivity index (χ0) is 19.2. The first-order valence-electron chi connectivity index (χ1n) is 9.39. The molecule has 0 fully saturated rings. The molecule has 0 radical (unpaired) electrons. The van der Waals surface area contributed by atoms with E-state index in [2.05, 4.69) is 32.6 Å². The number of nitrogens with one attached hydrogen (secondary N) is 2. The molecule has 1 aromatic carbocycles. The van der Waals surface area contributed by atoms with Gasteiger partial charge in [0.2, 0.25) is 0 Å². The molecule has 1 aliphatic rings. The molecule has 0 bridgehead atoms. The van der Waals surface area contributed by atoms with Gasteiger partial charge in [-0.3, -0.25) is 4.99 Å². The summed E-state index contributed by atoms with van der Waals surface area (Å²) in [4.78, 5) is 8.84. The zero-order valence-electron chi connectivity index (χ0n) is 16.1. The summed E-state index contributed by atoms with van der Waals surface area (Å²) in [6.07, 6.45) is 2.66. The third-order valence-corrected chi connectivity index (χ3v) is 4.49. The van der Waals surface area contributed by atoms with E-state index in [4.69, 9.17) is 4.74 Å². The summed E-state index contributed by atoms with van der Waals surface area (Å²) in [7, 11) is 1.75. The number of nitrogens with zero attached hydrogens (tertiary/aromatic N) is 4. The molecular formula is C19H27FN6O. The van der Waals surface area contributed by atoms with Crippen molar-refractivity contribution >= 4 is 5.96 Å². The van der Waals surface area contributed by atoms with Crippen LogP contribution in [0, 0.1) is 5.82 Å². The first-order valence-corrected chi connectivity index (χ1v) is 9.39. The van der Waals surface area contributed by atoms with Gasteiger partial charge < -0.3 is 15.4 Å². The Morgan fingerprint density at radius 3 is 2.89 bits per heavy atom. The van der Waals surface area contributed by atoms with E-state index >= 15 is 0 Å². The predicted octanol–water partition coefficient (Wildman–Crippen LogP) is 1.93. The zero-order valence-corrected chi connectivity index (χ0v) is 16.1. The Labute approximate surface area is 159 Å². The van der Waals surface area contributed by atoms with Crippen LogP contribution in [-0.4, -0.2) is 46.5 Å². The Morgan fingerprint density at radius 2 is 2.19 bits per heavy atom. The van der Waals surface area contributed by atoms with Crippen LogP contribution in [0.1, 0.15) is 31.9 Å². The molecule has 1 aromatic heterocycles. The summed E-state index contributed by atoms with van der Waals surface area (Å²) in [6.45, 7) is 5.39. The van der Waals surface area contributed by atoms with E-state index in [-0.39, 0.29) is 18.0 Å². The monoisotopic (exact) mass is 374 g/mol. The van der Waals surface area contributed by atoms with Gasteiger partial charge in [0.1, 0.15) is 23.5 Å². The second kappa shape index (κ2) is 8.83. The van der Waals surface area contributed by atoms with E-state index in [0.717, 1.165) is 43.4 Å². The molecule has 2 N–H and O–H groups in total. The Balaban J connectivity index is 1.47. The van der Waals surface area contributed by atoms with E-state index in [1.165, 1.54) is 12.1 Å². The van der Waals surface area contributed by atoms with Crippen molar-refractivity contribution in [1.82, 2.24) is 25.4 Å². The van der Waals surface area contributed by atoms with Gasteiger partial charge in [0.25, 0.3) is 0 Å². The first-order chi connectivity index (χ1) is 13.1. The van der Waals surface area contributed by atoms with Crippen LogP contribution in [0.25, 0.3) is 0 Å². The van der Waals surface area contributed by atoms with Crippen LogP contribution >= 0.6 is 0 Å². The topological polar surface area (TPSA) is 76.4 Å². The summed E-state index contributed by atoms with van der Waals surface area (Å²) in [5.74, 6) is 3.07. The van der Waals surface area contributed by atoms with Crippen LogP contribution in [0.4, 0.5) is 4.39 Å². The van der Waals surface area contributed by atoms with E-state index in [1.54, 1.807) is 19.2 Å². The van der Waals surface area contributed by atoms with Gasteiger partial charge >= 0.3 is 0 Å². The maximum absolute atomic E-state index is 13.0. The lowest BCUT2D eigenvalue weighted by molar-refractivity contribution is 0.223. The molecule has 27 heavy (non-hydrogen) atoms. The highest BCUT2D eigenvalue weighted by Crippen LogP contribution is 2.14. The Hall–Kier alpha value is -2.64. The molecule has 7 nitrogen and oxygen atoms in total. The normalized spacial score (nSPS) is 17.9. The Kier molecular flexibility index (Phi) is 6.26.